The smallest absolute Gasteiger partial charge is 0.407 e. The number of carbonyl (C=O) groups excluding carboxylic acids is 1. The van der Waals surface area contributed by atoms with Crippen molar-refractivity contribution in [2.24, 2.45) is 0 Å². The van der Waals surface area contributed by atoms with E-state index in [0.29, 0.717) is 23.9 Å². The summed E-state index contributed by atoms with van der Waals surface area (Å²) in [4.78, 5) is 11.7. The highest BCUT2D eigenvalue weighted by Crippen LogP contribution is 2.23. The average Bonchev–Trinajstić information content (AvgIpc) is 2.51. The highest BCUT2D eigenvalue weighted by atomic mass is 35.5. The summed E-state index contributed by atoms with van der Waals surface area (Å²) in [5.41, 5.74) is 1.36. The van der Waals surface area contributed by atoms with Crippen molar-refractivity contribution < 1.29 is 14.3 Å². The third-order valence-corrected chi connectivity index (χ3v) is 3.45. The van der Waals surface area contributed by atoms with Crippen LogP contribution in [0.25, 0.3) is 0 Å². The highest BCUT2D eigenvalue weighted by molar-refractivity contribution is 6.31. The molecular formula is C19H22ClNO3. The van der Waals surface area contributed by atoms with Crippen molar-refractivity contribution in [2.75, 3.05) is 0 Å². The van der Waals surface area contributed by atoms with Crippen LogP contribution in [0.2, 0.25) is 5.02 Å². The minimum Gasteiger partial charge on any atom is -0.489 e. The number of benzene rings is 2. The van der Waals surface area contributed by atoms with Crippen LogP contribution in [-0.2, 0) is 17.9 Å². The number of amides is 1. The van der Waals surface area contributed by atoms with Gasteiger partial charge in [0.2, 0.25) is 0 Å². The molecule has 0 fully saturated rings. The summed E-state index contributed by atoms with van der Waals surface area (Å²) in [5, 5.41) is 3.23. The Labute approximate surface area is 147 Å². The molecule has 2 rings (SSSR count). The number of hydrogen-bond donors (Lipinski definition) is 1. The second kappa shape index (κ2) is 8.06. The molecule has 0 saturated carbocycles. The zero-order valence-electron chi connectivity index (χ0n) is 14.1. The van der Waals surface area contributed by atoms with Crippen molar-refractivity contribution in [3.63, 3.8) is 0 Å². The lowest BCUT2D eigenvalue weighted by molar-refractivity contribution is 0.0523. The minimum atomic E-state index is -0.525. The van der Waals surface area contributed by atoms with Gasteiger partial charge >= 0.3 is 6.09 Å². The van der Waals surface area contributed by atoms with Crippen LogP contribution in [-0.4, -0.2) is 11.7 Å². The van der Waals surface area contributed by atoms with Crippen molar-refractivity contribution in [3.05, 3.63) is 64.7 Å². The summed E-state index contributed by atoms with van der Waals surface area (Å²) in [5.74, 6) is 0.685. The van der Waals surface area contributed by atoms with E-state index in [4.69, 9.17) is 21.1 Å². The van der Waals surface area contributed by atoms with Crippen LogP contribution in [0.15, 0.2) is 48.5 Å². The normalized spacial score (nSPS) is 11.0. The molecule has 24 heavy (non-hydrogen) atoms. The summed E-state index contributed by atoms with van der Waals surface area (Å²) < 4.78 is 10.9. The first-order valence-corrected chi connectivity index (χ1v) is 8.13. The van der Waals surface area contributed by atoms with E-state index in [1.54, 1.807) is 6.07 Å². The van der Waals surface area contributed by atoms with Gasteiger partial charge in [0.1, 0.15) is 18.0 Å². The van der Waals surface area contributed by atoms with Gasteiger partial charge in [-0.3, -0.25) is 0 Å². The van der Waals surface area contributed by atoms with Crippen LogP contribution in [0.1, 0.15) is 31.9 Å². The van der Waals surface area contributed by atoms with E-state index < -0.39 is 11.7 Å². The van der Waals surface area contributed by atoms with Gasteiger partial charge in [-0.1, -0.05) is 48.0 Å². The Bertz CT molecular complexity index is 681. The van der Waals surface area contributed by atoms with E-state index in [-0.39, 0.29) is 0 Å². The van der Waals surface area contributed by atoms with Crippen molar-refractivity contribution >= 4 is 17.7 Å². The van der Waals surface area contributed by atoms with Gasteiger partial charge in [0, 0.05) is 11.6 Å². The molecule has 0 aliphatic rings. The topological polar surface area (TPSA) is 47.6 Å². The molecule has 0 aliphatic carbocycles. The lowest BCUT2D eigenvalue weighted by Crippen LogP contribution is -2.32. The van der Waals surface area contributed by atoms with Gasteiger partial charge in [-0.15, -0.1) is 0 Å². The van der Waals surface area contributed by atoms with Crippen LogP contribution in [0.4, 0.5) is 4.79 Å². The molecule has 0 radical (unpaired) electrons. The van der Waals surface area contributed by atoms with E-state index >= 15 is 0 Å². The molecule has 1 N–H and O–H groups in total. The van der Waals surface area contributed by atoms with E-state index in [9.17, 15) is 4.79 Å². The molecule has 0 spiro atoms. The molecule has 0 bridgehead atoms. The summed E-state index contributed by atoms with van der Waals surface area (Å²) in [7, 11) is 0. The van der Waals surface area contributed by atoms with E-state index in [1.807, 2.05) is 63.2 Å². The molecule has 0 unspecified atom stereocenters. The fourth-order valence-corrected chi connectivity index (χ4v) is 2.22. The fraction of sp³-hybridized carbons (Fsp3) is 0.316. The lowest BCUT2D eigenvalue weighted by Gasteiger charge is -2.19. The van der Waals surface area contributed by atoms with Crippen molar-refractivity contribution in [3.8, 4) is 5.75 Å². The molecule has 0 heterocycles. The third-order valence-electron chi connectivity index (χ3n) is 3.09. The summed E-state index contributed by atoms with van der Waals surface area (Å²) in [6, 6.07) is 15.3. The summed E-state index contributed by atoms with van der Waals surface area (Å²) in [6.07, 6.45) is -0.469. The largest absolute Gasteiger partial charge is 0.489 e. The predicted molar refractivity (Wildman–Crippen MR) is 95.3 cm³/mol. The van der Waals surface area contributed by atoms with Crippen molar-refractivity contribution in [1.29, 1.82) is 0 Å². The maximum atomic E-state index is 11.7. The maximum Gasteiger partial charge on any atom is 0.407 e. The Hall–Kier alpha value is -2.20. The maximum absolute atomic E-state index is 11.7. The number of rotatable bonds is 5. The molecule has 0 atom stereocenters. The number of nitrogens with one attached hydrogen (secondary N) is 1. The van der Waals surface area contributed by atoms with Crippen LogP contribution < -0.4 is 10.1 Å². The number of hydrogen-bond acceptors (Lipinski definition) is 3. The number of halogens is 1. The van der Waals surface area contributed by atoms with E-state index in [1.165, 1.54) is 0 Å². The van der Waals surface area contributed by atoms with Gasteiger partial charge in [0.15, 0.2) is 0 Å². The predicted octanol–water partition coefficient (Wildman–Crippen LogP) is 4.94. The first-order chi connectivity index (χ1) is 11.3. The molecule has 128 valence electrons. The second-order valence-electron chi connectivity index (χ2n) is 6.38. The van der Waals surface area contributed by atoms with Gasteiger partial charge in [-0.2, -0.15) is 0 Å². The quantitative estimate of drug-likeness (QED) is 0.833. The first kappa shape index (κ1) is 18.1. The van der Waals surface area contributed by atoms with Gasteiger partial charge in [0.05, 0.1) is 0 Å². The Balaban J connectivity index is 1.89. The van der Waals surface area contributed by atoms with Crippen molar-refractivity contribution in [1.82, 2.24) is 5.32 Å². The van der Waals surface area contributed by atoms with Crippen LogP contribution in [0.3, 0.4) is 0 Å². The Kier molecular flexibility index (Phi) is 6.10. The summed E-state index contributed by atoms with van der Waals surface area (Å²) >= 11 is 6.26. The SMILES string of the molecule is CC(C)(C)OC(=O)NCc1ccc(OCc2ccccc2)cc1Cl. The third kappa shape index (κ3) is 6.13. The average molecular weight is 348 g/mol. The molecular weight excluding hydrogens is 326 g/mol. The molecule has 2 aromatic rings. The minimum absolute atomic E-state index is 0.298. The summed E-state index contributed by atoms with van der Waals surface area (Å²) in [6.45, 7) is 6.23. The fourth-order valence-electron chi connectivity index (χ4n) is 1.98. The van der Waals surface area contributed by atoms with Crippen LogP contribution in [0.5, 0.6) is 5.75 Å². The molecule has 1 amide bonds. The zero-order valence-corrected chi connectivity index (χ0v) is 14.9. The van der Waals surface area contributed by atoms with Gasteiger partial charge < -0.3 is 14.8 Å². The lowest BCUT2D eigenvalue weighted by atomic mass is 10.2. The van der Waals surface area contributed by atoms with Crippen LogP contribution >= 0.6 is 11.6 Å². The van der Waals surface area contributed by atoms with Gasteiger partial charge in [-0.25, -0.2) is 4.79 Å². The Morgan fingerprint density at radius 2 is 1.83 bits per heavy atom. The molecule has 0 saturated heterocycles. The number of alkyl carbamates (subject to hydrolysis) is 1. The second-order valence-corrected chi connectivity index (χ2v) is 6.79. The van der Waals surface area contributed by atoms with Gasteiger partial charge in [0.25, 0.3) is 0 Å². The number of ether oxygens (including phenoxy) is 2. The Morgan fingerprint density at radius 3 is 2.46 bits per heavy atom. The standard InChI is InChI=1S/C19H22ClNO3/c1-19(2,3)24-18(22)21-12-15-9-10-16(11-17(15)20)23-13-14-7-5-4-6-8-14/h4-11H,12-13H2,1-3H3,(H,21,22). The van der Waals surface area contributed by atoms with E-state index in [0.717, 1.165) is 11.1 Å². The molecule has 0 aromatic heterocycles. The van der Waals surface area contributed by atoms with Gasteiger partial charge in [-0.05, 0) is 44.0 Å². The molecule has 5 heteroatoms. The Morgan fingerprint density at radius 1 is 1.12 bits per heavy atom. The highest BCUT2D eigenvalue weighted by Gasteiger charge is 2.16. The first-order valence-electron chi connectivity index (χ1n) is 7.75. The van der Waals surface area contributed by atoms with Crippen molar-refractivity contribution in [2.45, 2.75) is 39.5 Å². The number of carbonyl (C=O) groups is 1. The monoisotopic (exact) mass is 347 g/mol. The molecule has 0 aliphatic heterocycles. The van der Waals surface area contributed by atoms with Crippen LogP contribution in [0, 0.1) is 0 Å². The zero-order chi connectivity index (χ0) is 17.6. The van der Waals surface area contributed by atoms with E-state index in [2.05, 4.69) is 5.32 Å². The molecule has 2 aromatic carbocycles. The molecule has 4 nitrogen and oxygen atoms in total.